The Bertz CT molecular complexity index is 495. The second kappa shape index (κ2) is 5.55. The van der Waals surface area contributed by atoms with Gasteiger partial charge in [0, 0.05) is 25.1 Å². The van der Waals surface area contributed by atoms with E-state index in [4.69, 9.17) is 0 Å². The summed E-state index contributed by atoms with van der Waals surface area (Å²) in [7, 11) is 2.01. The van der Waals surface area contributed by atoms with Gasteiger partial charge in [-0.05, 0) is 43.5 Å². The number of aliphatic hydroxyl groups is 1. The maximum Gasteiger partial charge on any atom is 0.108 e. The molecule has 1 fully saturated rings. The largest absolute Gasteiger partial charge is 0.383 e. The van der Waals surface area contributed by atoms with Crippen LogP contribution in [0, 0.1) is 13.8 Å². The van der Waals surface area contributed by atoms with Gasteiger partial charge >= 0.3 is 0 Å². The number of benzene rings is 1. The Kier molecular flexibility index (Phi) is 4.21. The fourth-order valence-electron chi connectivity index (χ4n) is 2.13. The first-order valence-electron chi connectivity index (χ1n) is 6.62. The lowest BCUT2D eigenvalue weighted by atomic mass is 9.90. The van der Waals surface area contributed by atoms with Gasteiger partial charge in [0.2, 0.25) is 0 Å². The predicted octanol–water partition coefficient (Wildman–Crippen LogP) is 2.85. The molecule has 0 aliphatic carbocycles. The van der Waals surface area contributed by atoms with E-state index in [1.54, 1.807) is 11.8 Å². The van der Waals surface area contributed by atoms with Crippen LogP contribution in [0.4, 0.5) is 5.69 Å². The van der Waals surface area contributed by atoms with Gasteiger partial charge < -0.3 is 10.0 Å². The van der Waals surface area contributed by atoms with E-state index >= 15 is 0 Å². The summed E-state index contributed by atoms with van der Waals surface area (Å²) in [5, 5.41) is 10.5. The molecule has 0 saturated carbocycles. The predicted molar refractivity (Wildman–Crippen MR) is 83.6 cm³/mol. The maximum absolute atomic E-state index is 10.5. The van der Waals surface area contributed by atoms with Gasteiger partial charge in [-0.1, -0.05) is 6.07 Å². The van der Waals surface area contributed by atoms with Crippen molar-refractivity contribution in [2.75, 3.05) is 25.1 Å². The van der Waals surface area contributed by atoms with Crippen LogP contribution < -0.4 is 0 Å². The fraction of sp³-hybridized carbons (Fsp3) is 0.533. The molecule has 1 N–H and O–H groups in total. The van der Waals surface area contributed by atoms with Gasteiger partial charge in [0.15, 0.2) is 0 Å². The number of hydrogen-bond donors (Lipinski definition) is 1. The molecule has 0 unspecified atom stereocenters. The van der Waals surface area contributed by atoms with E-state index < -0.39 is 5.60 Å². The Morgan fingerprint density at radius 3 is 2.58 bits per heavy atom. The van der Waals surface area contributed by atoms with Gasteiger partial charge in [-0.15, -0.1) is 0 Å². The Labute approximate surface area is 119 Å². The van der Waals surface area contributed by atoms with Gasteiger partial charge in [0.25, 0.3) is 0 Å². The first-order chi connectivity index (χ1) is 8.96. The van der Waals surface area contributed by atoms with E-state index in [9.17, 15) is 5.11 Å². The van der Waals surface area contributed by atoms with E-state index in [-0.39, 0.29) is 0 Å². The molecule has 1 heterocycles. The van der Waals surface area contributed by atoms with Crippen LogP contribution in [-0.4, -0.2) is 41.4 Å². The summed E-state index contributed by atoms with van der Waals surface area (Å²) >= 11 is 1.79. The van der Waals surface area contributed by atoms with E-state index in [0.29, 0.717) is 0 Å². The average molecular weight is 278 g/mol. The zero-order valence-electron chi connectivity index (χ0n) is 12.1. The van der Waals surface area contributed by atoms with E-state index in [0.717, 1.165) is 40.4 Å². The van der Waals surface area contributed by atoms with Crippen LogP contribution in [0.2, 0.25) is 0 Å². The van der Waals surface area contributed by atoms with Gasteiger partial charge in [0.1, 0.15) is 5.60 Å². The van der Waals surface area contributed by atoms with Crippen LogP contribution in [0.3, 0.4) is 0 Å². The van der Waals surface area contributed by atoms with Crippen molar-refractivity contribution in [1.82, 2.24) is 4.90 Å². The Hall–Kier alpha value is -1.00. The Morgan fingerprint density at radius 2 is 2.05 bits per heavy atom. The van der Waals surface area contributed by atoms with E-state index in [1.165, 1.54) is 0 Å². The number of thioether (sulfide) groups is 1. The molecular weight excluding hydrogens is 256 g/mol. The van der Waals surface area contributed by atoms with Gasteiger partial charge in [-0.3, -0.25) is 0 Å². The fourth-order valence-corrected chi connectivity index (χ4v) is 3.04. The van der Waals surface area contributed by atoms with Crippen LogP contribution in [0.1, 0.15) is 23.6 Å². The first-order valence-corrected chi connectivity index (χ1v) is 7.78. The number of nitrogens with zero attached hydrogens (tertiary/aromatic N) is 2. The van der Waals surface area contributed by atoms with Crippen molar-refractivity contribution >= 4 is 23.8 Å². The zero-order valence-corrected chi connectivity index (χ0v) is 12.9. The van der Waals surface area contributed by atoms with Crippen molar-refractivity contribution in [1.29, 1.82) is 0 Å². The van der Waals surface area contributed by atoms with Crippen LogP contribution in [-0.2, 0) is 5.60 Å². The van der Waals surface area contributed by atoms with Crippen LogP contribution in [0.25, 0.3) is 0 Å². The molecule has 0 aromatic heterocycles. The summed E-state index contributed by atoms with van der Waals surface area (Å²) in [4.78, 5) is 6.56. The maximum atomic E-state index is 10.5. The molecule has 2 rings (SSSR count). The molecule has 1 aliphatic heterocycles. The normalized spacial score (nSPS) is 17.5. The summed E-state index contributed by atoms with van der Waals surface area (Å²) in [6.45, 7) is 7.14. The second-order valence-electron chi connectivity index (χ2n) is 5.30. The smallest absolute Gasteiger partial charge is 0.108 e. The highest BCUT2D eigenvalue weighted by atomic mass is 32.2. The van der Waals surface area contributed by atoms with E-state index in [1.807, 2.05) is 18.3 Å². The quantitative estimate of drug-likeness (QED) is 0.679. The highest BCUT2D eigenvalue weighted by Gasteiger charge is 2.38. The lowest BCUT2D eigenvalue weighted by molar-refractivity contribution is 0.0761. The molecule has 0 atom stereocenters. The number of rotatable bonds is 4. The molecule has 4 heteroatoms. The minimum absolute atomic E-state index is 0.623. The highest BCUT2D eigenvalue weighted by molar-refractivity contribution is 8.00. The van der Waals surface area contributed by atoms with Crippen molar-refractivity contribution in [2.24, 2.45) is 4.99 Å². The molecule has 1 saturated heterocycles. The molecule has 3 nitrogen and oxygen atoms in total. The number of aryl methyl sites for hydroxylation is 2. The molecule has 104 valence electrons. The molecule has 0 amide bonds. The van der Waals surface area contributed by atoms with Gasteiger partial charge in [0.05, 0.1) is 12.0 Å². The third kappa shape index (κ3) is 2.95. The van der Waals surface area contributed by atoms with Crippen molar-refractivity contribution in [3.8, 4) is 0 Å². The summed E-state index contributed by atoms with van der Waals surface area (Å²) in [5.41, 5.74) is 3.66. The Balaban J connectivity index is 2.29. The van der Waals surface area contributed by atoms with E-state index in [2.05, 4.69) is 37.9 Å². The zero-order chi connectivity index (χ0) is 14.0. The molecule has 0 radical (unpaired) electrons. The number of aliphatic imine (C=N–C) groups is 1. The molecular formula is C15H22N2OS. The molecule has 0 spiro atoms. The van der Waals surface area contributed by atoms with Crippen LogP contribution in [0.5, 0.6) is 0 Å². The second-order valence-corrected chi connectivity index (χ2v) is 6.28. The lowest BCUT2D eigenvalue weighted by Crippen LogP contribution is -2.40. The minimum Gasteiger partial charge on any atom is -0.383 e. The summed E-state index contributed by atoms with van der Waals surface area (Å²) in [6, 6.07) is 4.17. The van der Waals surface area contributed by atoms with Crippen LogP contribution >= 0.6 is 11.8 Å². The van der Waals surface area contributed by atoms with Crippen molar-refractivity contribution in [3.63, 3.8) is 0 Å². The monoisotopic (exact) mass is 278 g/mol. The highest BCUT2D eigenvalue weighted by Crippen LogP contribution is 2.41. The summed E-state index contributed by atoms with van der Waals surface area (Å²) < 4.78 is 0. The van der Waals surface area contributed by atoms with Gasteiger partial charge in [-0.25, -0.2) is 4.99 Å². The molecule has 1 aromatic rings. The van der Waals surface area contributed by atoms with Crippen molar-refractivity contribution in [2.45, 2.75) is 26.4 Å². The van der Waals surface area contributed by atoms with Gasteiger partial charge in [-0.2, -0.15) is 11.8 Å². The first kappa shape index (κ1) is 14.4. The summed E-state index contributed by atoms with van der Waals surface area (Å²) in [5.74, 6) is 1.60. The third-order valence-electron chi connectivity index (χ3n) is 3.62. The average Bonchev–Trinajstić information content (AvgIpc) is 2.36. The molecule has 19 heavy (non-hydrogen) atoms. The van der Waals surface area contributed by atoms with Crippen LogP contribution in [0.15, 0.2) is 17.1 Å². The molecule has 1 aromatic carbocycles. The lowest BCUT2D eigenvalue weighted by Gasteiger charge is -2.37. The molecule has 1 aliphatic rings. The van der Waals surface area contributed by atoms with Crippen molar-refractivity contribution < 1.29 is 5.11 Å². The minimum atomic E-state index is -0.623. The summed E-state index contributed by atoms with van der Waals surface area (Å²) in [6.07, 6.45) is 1.86. The molecule has 0 bridgehead atoms. The SMILES string of the molecule is CCN(C)/C=N/c1cc(C)c(C2(O)CSC2)cc1C. The third-order valence-corrected chi connectivity index (χ3v) is 4.98. The number of hydrogen-bond acceptors (Lipinski definition) is 3. The Morgan fingerprint density at radius 1 is 1.37 bits per heavy atom. The standard InChI is InChI=1S/C15H22N2OS/c1-5-17(4)10-16-14-7-11(2)13(6-12(14)3)15(18)8-19-9-15/h6-7,10,18H,5,8-9H2,1-4H3/b16-10+. The van der Waals surface area contributed by atoms with Crippen molar-refractivity contribution in [3.05, 3.63) is 28.8 Å². The topological polar surface area (TPSA) is 35.8 Å².